The Hall–Kier alpha value is -2.95. The number of amides is 1. The summed E-state index contributed by atoms with van der Waals surface area (Å²) in [4.78, 5) is 30.4. The number of halogens is 1. The molecule has 0 bridgehead atoms. The number of aliphatic hydroxyl groups excluding tert-OH is 1. The van der Waals surface area contributed by atoms with Gasteiger partial charge in [0, 0.05) is 32.4 Å². The molecule has 9 nitrogen and oxygen atoms in total. The van der Waals surface area contributed by atoms with Crippen LogP contribution in [0.2, 0.25) is 5.02 Å². The first kappa shape index (κ1) is 25.2. The van der Waals surface area contributed by atoms with Gasteiger partial charge < -0.3 is 28.8 Å². The Morgan fingerprint density at radius 2 is 1.89 bits per heavy atom. The molecule has 2 heterocycles. The molecule has 3 aromatic rings. The third-order valence-electron chi connectivity index (χ3n) is 5.95. The number of fused-ring (bicyclic) bond motifs is 1. The van der Waals surface area contributed by atoms with Crippen LogP contribution in [-0.2, 0) is 16.5 Å². The number of anilines is 1. The quantitative estimate of drug-likeness (QED) is 0.474. The van der Waals surface area contributed by atoms with Crippen LogP contribution in [0.3, 0.4) is 0 Å². The SMILES string of the molecule is CCN(C(=O)c1c(OCOC(O)N2CCOCC2)c2c(Cl)cccc2n(C)c1=O)c1ccccc1. The van der Waals surface area contributed by atoms with E-state index in [1.165, 1.54) is 9.47 Å². The number of benzene rings is 2. The van der Waals surface area contributed by atoms with Crippen LogP contribution in [0, 0.1) is 0 Å². The van der Waals surface area contributed by atoms with Crippen molar-refractivity contribution in [3.05, 3.63) is 69.5 Å². The van der Waals surface area contributed by atoms with E-state index < -0.39 is 24.7 Å². The Kier molecular flexibility index (Phi) is 8.04. The van der Waals surface area contributed by atoms with E-state index >= 15 is 0 Å². The van der Waals surface area contributed by atoms with Crippen molar-refractivity contribution < 1.29 is 24.1 Å². The maximum absolute atomic E-state index is 13.7. The largest absolute Gasteiger partial charge is 0.466 e. The molecule has 35 heavy (non-hydrogen) atoms. The fourth-order valence-electron chi connectivity index (χ4n) is 4.09. The minimum Gasteiger partial charge on any atom is -0.466 e. The summed E-state index contributed by atoms with van der Waals surface area (Å²) in [5.74, 6) is -0.507. The Labute approximate surface area is 208 Å². The summed E-state index contributed by atoms with van der Waals surface area (Å²) < 4.78 is 18.0. The second kappa shape index (κ2) is 11.2. The lowest BCUT2D eigenvalue weighted by molar-refractivity contribution is -0.231. The number of carbonyl (C=O) groups excluding carboxylic acids is 1. The smallest absolute Gasteiger partial charge is 0.267 e. The lowest BCUT2D eigenvalue weighted by Gasteiger charge is -2.30. The maximum atomic E-state index is 13.7. The first-order valence-corrected chi connectivity index (χ1v) is 11.7. The van der Waals surface area contributed by atoms with Crippen LogP contribution in [0.1, 0.15) is 17.3 Å². The van der Waals surface area contributed by atoms with Gasteiger partial charge in [-0.25, -0.2) is 0 Å². The predicted octanol–water partition coefficient (Wildman–Crippen LogP) is 2.82. The third kappa shape index (κ3) is 5.19. The molecule has 1 aliphatic heterocycles. The summed E-state index contributed by atoms with van der Waals surface area (Å²) in [5.41, 5.74) is 0.461. The fraction of sp³-hybridized carbons (Fsp3) is 0.360. The van der Waals surface area contributed by atoms with Crippen molar-refractivity contribution in [1.82, 2.24) is 9.47 Å². The van der Waals surface area contributed by atoms with Gasteiger partial charge in [-0.05, 0) is 31.2 Å². The number of rotatable bonds is 8. The van der Waals surface area contributed by atoms with Crippen molar-refractivity contribution >= 4 is 34.1 Å². The van der Waals surface area contributed by atoms with Gasteiger partial charge >= 0.3 is 0 Å². The number of hydrogen-bond acceptors (Lipinski definition) is 7. The van der Waals surface area contributed by atoms with Crippen molar-refractivity contribution in [2.24, 2.45) is 7.05 Å². The van der Waals surface area contributed by atoms with Gasteiger partial charge in [-0.3, -0.25) is 14.5 Å². The molecule has 1 unspecified atom stereocenters. The normalized spacial score (nSPS) is 15.2. The topological polar surface area (TPSA) is 93.5 Å². The molecule has 2 aromatic carbocycles. The number of aliphatic hydroxyl groups is 1. The maximum Gasteiger partial charge on any atom is 0.267 e. The zero-order valence-corrected chi connectivity index (χ0v) is 20.4. The molecule has 1 saturated heterocycles. The fourth-order valence-corrected chi connectivity index (χ4v) is 4.35. The Bertz CT molecular complexity index is 1240. The van der Waals surface area contributed by atoms with Gasteiger partial charge in [-0.15, -0.1) is 0 Å². The summed E-state index contributed by atoms with van der Waals surface area (Å²) >= 11 is 6.52. The highest BCUT2D eigenvalue weighted by Gasteiger charge is 2.28. The van der Waals surface area contributed by atoms with Crippen LogP contribution < -0.4 is 15.2 Å². The van der Waals surface area contributed by atoms with Crippen LogP contribution in [0.25, 0.3) is 10.9 Å². The lowest BCUT2D eigenvalue weighted by atomic mass is 10.1. The van der Waals surface area contributed by atoms with Gasteiger partial charge in [0.05, 0.1) is 29.1 Å². The lowest BCUT2D eigenvalue weighted by Crippen LogP contribution is -2.45. The van der Waals surface area contributed by atoms with Crippen molar-refractivity contribution in [3.8, 4) is 5.75 Å². The Balaban J connectivity index is 1.74. The minimum absolute atomic E-state index is 0.0160. The average molecular weight is 502 g/mol. The van der Waals surface area contributed by atoms with Gasteiger partial charge in [0.1, 0.15) is 5.56 Å². The molecule has 0 radical (unpaired) electrons. The van der Waals surface area contributed by atoms with Gasteiger partial charge in [0.15, 0.2) is 12.5 Å². The number of para-hydroxylation sites is 1. The summed E-state index contributed by atoms with van der Waals surface area (Å²) in [6, 6.07) is 14.2. The second-order valence-electron chi connectivity index (χ2n) is 7.99. The number of aromatic nitrogens is 1. The summed E-state index contributed by atoms with van der Waals surface area (Å²) in [6.07, 6.45) is -1.22. The first-order valence-electron chi connectivity index (χ1n) is 11.4. The van der Waals surface area contributed by atoms with E-state index in [-0.39, 0.29) is 11.3 Å². The van der Waals surface area contributed by atoms with E-state index in [9.17, 15) is 14.7 Å². The minimum atomic E-state index is -1.22. The molecule has 4 rings (SSSR count). The molecular weight excluding hydrogens is 474 g/mol. The first-order chi connectivity index (χ1) is 16.9. The molecule has 0 aliphatic carbocycles. The highest BCUT2D eigenvalue weighted by Crippen LogP contribution is 2.34. The van der Waals surface area contributed by atoms with Crippen LogP contribution in [0.4, 0.5) is 5.69 Å². The number of ether oxygens (including phenoxy) is 3. The van der Waals surface area contributed by atoms with Crippen LogP contribution in [-0.4, -0.2) is 66.5 Å². The number of hydrogen-bond donors (Lipinski definition) is 1. The Morgan fingerprint density at radius 3 is 2.57 bits per heavy atom. The van der Waals surface area contributed by atoms with E-state index in [0.29, 0.717) is 54.5 Å². The molecule has 1 aliphatic rings. The number of pyridine rings is 1. The number of carbonyl (C=O) groups is 1. The van der Waals surface area contributed by atoms with E-state index in [0.717, 1.165) is 0 Å². The number of aryl methyl sites for hydroxylation is 1. The van der Waals surface area contributed by atoms with Crippen molar-refractivity contribution in [1.29, 1.82) is 0 Å². The van der Waals surface area contributed by atoms with Gasteiger partial charge in [-0.1, -0.05) is 35.9 Å². The molecule has 1 atom stereocenters. The standard InChI is InChI=1S/C25H28ClN3O6/c1-3-29(17-8-5-4-6-9-17)24(31)21-22(34-16-35-25(32)28-12-14-33-15-13-28)20-18(26)10-7-11-19(20)27(2)23(21)30/h4-11,25,32H,3,12-16H2,1-2H3. The van der Waals surface area contributed by atoms with Gasteiger partial charge in [0.2, 0.25) is 6.41 Å². The Morgan fingerprint density at radius 1 is 1.17 bits per heavy atom. The zero-order chi connectivity index (χ0) is 24.9. The molecule has 10 heteroatoms. The van der Waals surface area contributed by atoms with Gasteiger partial charge in [-0.2, -0.15) is 0 Å². The predicted molar refractivity (Wildman–Crippen MR) is 133 cm³/mol. The van der Waals surface area contributed by atoms with Crippen LogP contribution >= 0.6 is 11.6 Å². The van der Waals surface area contributed by atoms with E-state index in [2.05, 4.69) is 0 Å². The molecular formula is C25H28ClN3O6. The van der Waals surface area contributed by atoms with Crippen LogP contribution in [0.5, 0.6) is 5.75 Å². The molecule has 0 spiro atoms. The number of nitrogens with zero attached hydrogens (tertiary/aromatic N) is 3. The third-order valence-corrected chi connectivity index (χ3v) is 6.26. The van der Waals surface area contributed by atoms with Crippen molar-refractivity contribution in [2.75, 3.05) is 44.5 Å². The number of morpholine rings is 1. The van der Waals surface area contributed by atoms with E-state index in [1.807, 2.05) is 25.1 Å². The molecule has 1 aromatic heterocycles. The molecule has 1 N–H and O–H groups in total. The average Bonchev–Trinajstić information content (AvgIpc) is 2.88. The summed E-state index contributed by atoms with van der Waals surface area (Å²) in [5, 5.41) is 11.1. The second-order valence-corrected chi connectivity index (χ2v) is 8.40. The monoisotopic (exact) mass is 501 g/mol. The van der Waals surface area contributed by atoms with E-state index in [1.54, 1.807) is 42.3 Å². The van der Waals surface area contributed by atoms with E-state index in [4.69, 9.17) is 25.8 Å². The molecule has 1 amide bonds. The molecule has 0 saturated carbocycles. The van der Waals surface area contributed by atoms with Gasteiger partial charge in [0.25, 0.3) is 11.5 Å². The summed E-state index contributed by atoms with van der Waals surface area (Å²) in [6.45, 7) is 3.75. The summed E-state index contributed by atoms with van der Waals surface area (Å²) in [7, 11) is 1.58. The van der Waals surface area contributed by atoms with Crippen molar-refractivity contribution in [2.45, 2.75) is 13.3 Å². The zero-order valence-electron chi connectivity index (χ0n) is 19.6. The highest BCUT2D eigenvalue weighted by atomic mass is 35.5. The highest BCUT2D eigenvalue weighted by molar-refractivity contribution is 6.36. The van der Waals surface area contributed by atoms with Crippen LogP contribution in [0.15, 0.2) is 53.3 Å². The van der Waals surface area contributed by atoms with Crippen molar-refractivity contribution in [3.63, 3.8) is 0 Å². The molecule has 1 fully saturated rings. The molecule has 186 valence electrons.